The van der Waals surface area contributed by atoms with E-state index in [2.05, 4.69) is 29.6 Å². The van der Waals surface area contributed by atoms with Gasteiger partial charge in [0.25, 0.3) is 0 Å². The zero-order valence-corrected chi connectivity index (χ0v) is 16.0. The largest absolute Gasteiger partial charge is 0.479 e. The van der Waals surface area contributed by atoms with Gasteiger partial charge in [-0.3, -0.25) is 0 Å². The summed E-state index contributed by atoms with van der Waals surface area (Å²) in [6, 6.07) is 15.2. The van der Waals surface area contributed by atoms with Gasteiger partial charge in [-0.15, -0.1) is 0 Å². The zero-order valence-electron chi connectivity index (χ0n) is 16.0. The highest BCUT2D eigenvalue weighted by Crippen LogP contribution is 2.49. The van der Waals surface area contributed by atoms with E-state index in [0.29, 0.717) is 11.8 Å². The number of amides is 1. The van der Waals surface area contributed by atoms with Crippen molar-refractivity contribution in [1.29, 1.82) is 0 Å². The van der Waals surface area contributed by atoms with Gasteiger partial charge in [0.05, 0.1) is 0 Å². The third-order valence-corrected chi connectivity index (χ3v) is 6.47. The number of alkyl carbamates (subject to hydrolysis) is 1. The standard InChI is InChI=1S/C24H23NO4/c26-23(27)22(15-10-9-14-11-16(14)12-15)25-24(28)29-13-21-19-7-3-1-5-17(19)18-6-2-4-8-20(18)21/h1-8,10,14,16,21-22H,9,11-13H2,(H,25,28)(H,26,27)/t14?,16?,22-/m1/s1. The average molecular weight is 389 g/mol. The van der Waals surface area contributed by atoms with E-state index in [1.54, 1.807) is 0 Å². The van der Waals surface area contributed by atoms with E-state index in [-0.39, 0.29) is 12.5 Å². The van der Waals surface area contributed by atoms with Crippen molar-refractivity contribution in [2.75, 3.05) is 6.61 Å². The van der Waals surface area contributed by atoms with Crippen molar-refractivity contribution in [2.24, 2.45) is 11.8 Å². The number of ether oxygens (including phenoxy) is 1. The van der Waals surface area contributed by atoms with Crippen LogP contribution in [0.25, 0.3) is 11.1 Å². The van der Waals surface area contributed by atoms with Crippen LogP contribution >= 0.6 is 0 Å². The molecule has 3 aliphatic rings. The van der Waals surface area contributed by atoms with Crippen LogP contribution in [0.3, 0.4) is 0 Å². The Balaban J connectivity index is 1.28. The van der Waals surface area contributed by atoms with Crippen LogP contribution in [0.5, 0.6) is 0 Å². The van der Waals surface area contributed by atoms with E-state index < -0.39 is 18.1 Å². The first-order chi connectivity index (χ1) is 14.1. The van der Waals surface area contributed by atoms with Crippen molar-refractivity contribution in [2.45, 2.75) is 31.2 Å². The fourth-order valence-corrected chi connectivity index (χ4v) is 4.84. The highest BCUT2D eigenvalue weighted by molar-refractivity contribution is 5.83. The topological polar surface area (TPSA) is 75.6 Å². The molecule has 1 fully saturated rings. The summed E-state index contributed by atoms with van der Waals surface area (Å²) in [5.41, 5.74) is 5.38. The Morgan fingerprint density at radius 3 is 2.31 bits per heavy atom. The first-order valence-electron chi connectivity index (χ1n) is 10.1. The third kappa shape index (κ3) is 3.31. The van der Waals surface area contributed by atoms with Crippen LogP contribution in [0.15, 0.2) is 60.2 Å². The van der Waals surface area contributed by atoms with E-state index in [0.717, 1.165) is 47.1 Å². The molecule has 0 aromatic heterocycles. The minimum Gasteiger partial charge on any atom is -0.479 e. The van der Waals surface area contributed by atoms with Gasteiger partial charge in [-0.1, -0.05) is 54.6 Å². The third-order valence-electron chi connectivity index (χ3n) is 6.47. The van der Waals surface area contributed by atoms with E-state index >= 15 is 0 Å². The molecular weight excluding hydrogens is 366 g/mol. The molecule has 0 aliphatic heterocycles. The average Bonchev–Trinajstić information content (AvgIpc) is 3.44. The molecule has 0 saturated heterocycles. The summed E-state index contributed by atoms with van der Waals surface area (Å²) in [5.74, 6) is 0.213. The Morgan fingerprint density at radius 2 is 1.69 bits per heavy atom. The molecule has 0 heterocycles. The minimum absolute atomic E-state index is 0.0439. The Labute approximate surface area is 169 Å². The summed E-state index contributed by atoms with van der Waals surface area (Å²) in [6.45, 7) is 0.177. The van der Waals surface area contributed by atoms with Crippen LogP contribution in [0, 0.1) is 11.8 Å². The number of carbonyl (C=O) groups is 2. The monoisotopic (exact) mass is 389 g/mol. The molecule has 29 heavy (non-hydrogen) atoms. The Bertz CT molecular complexity index is 966. The predicted molar refractivity (Wildman–Crippen MR) is 109 cm³/mol. The number of hydrogen-bond donors (Lipinski definition) is 2. The van der Waals surface area contributed by atoms with Crippen molar-refractivity contribution in [3.05, 3.63) is 71.3 Å². The lowest BCUT2D eigenvalue weighted by Crippen LogP contribution is -2.43. The van der Waals surface area contributed by atoms with Crippen molar-refractivity contribution < 1.29 is 19.4 Å². The second-order valence-corrected chi connectivity index (χ2v) is 8.22. The molecule has 0 bridgehead atoms. The van der Waals surface area contributed by atoms with Gasteiger partial charge >= 0.3 is 12.1 Å². The molecule has 5 heteroatoms. The molecular formula is C24H23NO4. The van der Waals surface area contributed by atoms with Gasteiger partial charge in [-0.2, -0.15) is 0 Å². The smallest absolute Gasteiger partial charge is 0.408 e. The van der Waals surface area contributed by atoms with Crippen molar-refractivity contribution in [3.8, 4) is 11.1 Å². The van der Waals surface area contributed by atoms with Gasteiger partial charge in [-0.05, 0) is 58.9 Å². The van der Waals surface area contributed by atoms with Crippen molar-refractivity contribution in [3.63, 3.8) is 0 Å². The van der Waals surface area contributed by atoms with Gasteiger partial charge in [-0.25, -0.2) is 9.59 Å². The maximum absolute atomic E-state index is 12.4. The lowest BCUT2D eigenvalue weighted by molar-refractivity contribution is -0.138. The second-order valence-electron chi connectivity index (χ2n) is 8.22. The maximum atomic E-state index is 12.4. The summed E-state index contributed by atoms with van der Waals surface area (Å²) in [5, 5.41) is 12.2. The molecule has 2 aromatic carbocycles. The lowest BCUT2D eigenvalue weighted by Gasteiger charge is -2.21. The number of hydrogen-bond acceptors (Lipinski definition) is 3. The van der Waals surface area contributed by atoms with Gasteiger partial charge in [0.2, 0.25) is 0 Å². The number of allylic oxidation sites excluding steroid dienone is 1. The van der Waals surface area contributed by atoms with Crippen molar-refractivity contribution in [1.82, 2.24) is 5.32 Å². The van der Waals surface area contributed by atoms with E-state index in [9.17, 15) is 14.7 Å². The minimum atomic E-state index is -1.04. The molecule has 0 spiro atoms. The van der Waals surface area contributed by atoms with Gasteiger partial charge in [0.1, 0.15) is 6.61 Å². The second kappa shape index (κ2) is 7.07. The highest BCUT2D eigenvalue weighted by atomic mass is 16.5. The molecule has 5 rings (SSSR count). The number of benzene rings is 2. The van der Waals surface area contributed by atoms with Crippen molar-refractivity contribution >= 4 is 12.1 Å². The first kappa shape index (κ1) is 18.0. The summed E-state index contributed by atoms with van der Waals surface area (Å²) < 4.78 is 5.51. The summed E-state index contributed by atoms with van der Waals surface area (Å²) in [7, 11) is 0. The summed E-state index contributed by atoms with van der Waals surface area (Å²) >= 11 is 0. The Morgan fingerprint density at radius 1 is 1.03 bits per heavy atom. The highest BCUT2D eigenvalue weighted by Gasteiger charge is 2.41. The molecule has 1 saturated carbocycles. The number of aliphatic carboxylic acids is 1. The molecule has 1 amide bonds. The van der Waals surface area contributed by atoms with E-state index in [4.69, 9.17) is 4.74 Å². The fourth-order valence-electron chi connectivity index (χ4n) is 4.84. The van der Waals surface area contributed by atoms with Crippen LogP contribution in [-0.2, 0) is 9.53 Å². The zero-order chi connectivity index (χ0) is 20.0. The SMILES string of the molecule is O=C(N[C@@H](C(=O)O)C1=CCC2CC2C1)OCC1c2ccccc2-c2ccccc21. The maximum Gasteiger partial charge on any atom is 0.408 e. The number of fused-ring (bicyclic) bond motifs is 4. The molecule has 3 aliphatic carbocycles. The number of rotatable bonds is 5. The van der Waals surface area contributed by atoms with Crippen LogP contribution in [0.2, 0.25) is 0 Å². The molecule has 0 radical (unpaired) electrons. The number of carboxylic acids is 1. The Kier molecular flexibility index (Phi) is 4.38. The van der Waals surface area contributed by atoms with Gasteiger partial charge in [0.15, 0.2) is 6.04 Å². The molecule has 2 unspecified atom stereocenters. The molecule has 3 atom stereocenters. The predicted octanol–water partition coefficient (Wildman–Crippen LogP) is 4.33. The molecule has 2 aromatic rings. The normalized spacial score (nSPS) is 22.6. The van der Waals surface area contributed by atoms with E-state index in [1.165, 1.54) is 0 Å². The fraction of sp³-hybridized carbons (Fsp3) is 0.333. The molecule has 148 valence electrons. The van der Waals surface area contributed by atoms with Crippen LogP contribution in [-0.4, -0.2) is 29.8 Å². The quantitative estimate of drug-likeness (QED) is 0.746. The molecule has 2 N–H and O–H groups in total. The van der Waals surface area contributed by atoms with Crippen LogP contribution in [0.1, 0.15) is 36.3 Å². The summed E-state index contributed by atoms with van der Waals surface area (Å²) in [6.07, 6.45) is 4.13. The number of carboxylic acid groups (broad SMARTS) is 1. The molecule has 5 nitrogen and oxygen atoms in total. The summed E-state index contributed by atoms with van der Waals surface area (Å²) in [4.78, 5) is 24.2. The number of nitrogens with one attached hydrogen (secondary N) is 1. The van der Waals surface area contributed by atoms with Gasteiger partial charge in [0, 0.05) is 5.92 Å². The Hall–Kier alpha value is -3.08. The lowest BCUT2D eigenvalue weighted by atomic mass is 9.94. The number of carbonyl (C=O) groups excluding carboxylic acids is 1. The van der Waals surface area contributed by atoms with Crippen LogP contribution in [0.4, 0.5) is 4.79 Å². The van der Waals surface area contributed by atoms with Gasteiger partial charge < -0.3 is 15.2 Å². The first-order valence-corrected chi connectivity index (χ1v) is 10.1. The van der Waals surface area contributed by atoms with E-state index in [1.807, 2.05) is 30.3 Å². The van der Waals surface area contributed by atoms with Crippen LogP contribution < -0.4 is 5.32 Å².